The number of aromatic nitrogens is 1. The van der Waals surface area contributed by atoms with Crippen molar-refractivity contribution >= 4 is 5.78 Å². The van der Waals surface area contributed by atoms with E-state index < -0.39 is 12.4 Å². The topological polar surface area (TPSA) is 73.3 Å². The Morgan fingerprint density at radius 3 is 2.87 bits per heavy atom. The van der Waals surface area contributed by atoms with Crippen molar-refractivity contribution in [1.29, 1.82) is 0 Å². The minimum atomic E-state index is -0.605. The van der Waals surface area contributed by atoms with Crippen LogP contribution >= 0.6 is 0 Å². The molecule has 4 nitrogen and oxygen atoms in total. The van der Waals surface area contributed by atoms with Crippen LogP contribution in [0.4, 0.5) is 0 Å². The maximum Gasteiger partial charge on any atom is 0.193 e. The average Bonchev–Trinajstić information content (AvgIpc) is 2.61. The number of carbonyl (C=O) groups excluding carboxylic acids is 1. The molecule has 78 valence electrons. The SMILES string of the molecule is Cc1ccc2[nH]cc(C(=O)CO)c(O)c1-2. The summed E-state index contributed by atoms with van der Waals surface area (Å²) in [6.07, 6.45) is 1.41. The molecule has 3 N–H and O–H groups in total. The largest absolute Gasteiger partial charge is 0.506 e. The van der Waals surface area contributed by atoms with Gasteiger partial charge in [-0.1, -0.05) is 6.07 Å². The van der Waals surface area contributed by atoms with E-state index in [1.54, 1.807) is 0 Å². The molecule has 0 bridgehead atoms. The molecule has 0 unspecified atom stereocenters. The molecule has 0 amide bonds. The molecule has 2 rings (SSSR count). The van der Waals surface area contributed by atoms with Crippen LogP contribution in [0, 0.1) is 6.92 Å². The van der Waals surface area contributed by atoms with Crippen LogP contribution in [0.25, 0.3) is 11.3 Å². The highest BCUT2D eigenvalue weighted by atomic mass is 16.3. The Morgan fingerprint density at radius 2 is 2.20 bits per heavy atom. The Balaban J connectivity index is 2.69. The number of aromatic amines is 1. The van der Waals surface area contributed by atoms with Gasteiger partial charge in [-0.25, -0.2) is 0 Å². The minimum absolute atomic E-state index is 0.0645. The standard InChI is InChI=1S/C11H11NO3/c1-6-2-3-8-10(6)11(15)7(4-12-8)9(14)5-13/h2-4,12-13,15H,5H2,1H3. The zero-order valence-electron chi connectivity index (χ0n) is 8.24. The first-order chi connectivity index (χ1) is 7.15. The number of hydrogen-bond donors (Lipinski definition) is 3. The first kappa shape index (κ1) is 9.73. The molecule has 0 radical (unpaired) electrons. The van der Waals surface area contributed by atoms with Crippen LogP contribution in [0.1, 0.15) is 15.9 Å². The van der Waals surface area contributed by atoms with Crippen molar-refractivity contribution in [2.75, 3.05) is 6.61 Å². The Kier molecular flexibility index (Phi) is 2.21. The molecule has 0 atom stereocenters. The highest BCUT2D eigenvalue weighted by Crippen LogP contribution is 2.36. The molecule has 0 fully saturated rings. The number of aromatic hydroxyl groups is 1. The third-order valence-corrected chi connectivity index (χ3v) is 2.47. The van der Waals surface area contributed by atoms with E-state index in [4.69, 9.17) is 5.11 Å². The first-order valence-electron chi connectivity index (χ1n) is 4.59. The van der Waals surface area contributed by atoms with Crippen molar-refractivity contribution < 1.29 is 15.0 Å². The number of pyridine rings is 1. The number of carbonyl (C=O) groups is 1. The molecule has 1 aliphatic heterocycles. The Hall–Kier alpha value is -1.81. The molecule has 15 heavy (non-hydrogen) atoms. The summed E-state index contributed by atoms with van der Waals surface area (Å²) in [5.41, 5.74) is 2.43. The van der Waals surface area contributed by atoms with Gasteiger partial charge in [0, 0.05) is 17.5 Å². The molecular weight excluding hydrogens is 194 g/mol. The normalized spacial score (nSPS) is 10.8. The summed E-state index contributed by atoms with van der Waals surface area (Å²) in [4.78, 5) is 14.2. The van der Waals surface area contributed by atoms with E-state index in [0.717, 1.165) is 11.3 Å². The summed E-state index contributed by atoms with van der Waals surface area (Å²) >= 11 is 0. The van der Waals surface area contributed by atoms with Crippen molar-refractivity contribution in [2.45, 2.75) is 6.92 Å². The second kappa shape index (κ2) is 3.40. The third-order valence-electron chi connectivity index (χ3n) is 2.47. The second-order valence-corrected chi connectivity index (χ2v) is 3.44. The van der Waals surface area contributed by atoms with E-state index in [0.29, 0.717) is 5.56 Å². The van der Waals surface area contributed by atoms with Gasteiger partial charge >= 0.3 is 0 Å². The van der Waals surface area contributed by atoms with E-state index in [9.17, 15) is 9.90 Å². The van der Waals surface area contributed by atoms with Crippen LogP contribution in [-0.2, 0) is 0 Å². The van der Waals surface area contributed by atoms with Crippen LogP contribution < -0.4 is 0 Å². The van der Waals surface area contributed by atoms with E-state index in [2.05, 4.69) is 4.98 Å². The molecule has 0 spiro atoms. The lowest BCUT2D eigenvalue weighted by Gasteiger charge is -2.08. The van der Waals surface area contributed by atoms with Crippen LogP contribution in [0.15, 0.2) is 18.3 Å². The van der Waals surface area contributed by atoms with Gasteiger partial charge in [0.15, 0.2) is 5.78 Å². The highest BCUT2D eigenvalue weighted by Gasteiger charge is 2.18. The predicted octanol–water partition coefficient (Wildman–Crippen LogP) is 1.31. The second-order valence-electron chi connectivity index (χ2n) is 3.44. The van der Waals surface area contributed by atoms with Gasteiger partial charge in [0.1, 0.15) is 12.4 Å². The maximum absolute atomic E-state index is 11.3. The molecular formula is C11H11NO3. The van der Waals surface area contributed by atoms with Gasteiger partial charge in [0.25, 0.3) is 0 Å². The Labute approximate surface area is 86.5 Å². The fourth-order valence-corrected chi connectivity index (χ4v) is 1.67. The van der Waals surface area contributed by atoms with E-state index in [1.165, 1.54) is 6.20 Å². The van der Waals surface area contributed by atoms with Gasteiger partial charge in [-0.05, 0) is 18.6 Å². The summed E-state index contributed by atoms with van der Waals surface area (Å²) < 4.78 is 0. The molecule has 1 heterocycles. The number of nitrogens with one attached hydrogen (secondary N) is 1. The van der Waals surface area contributed by atoms with E-state index >= 15 is 0 Å². The predicted molar refractivity (Wildman–Crippen MR) is 55.2 cm³/mol. The molecule has 1 aliphatic carbocycles. The maximum atomic E-state index is 11.3. The number of aliphatic hydroxyl groups excluding tert-OH is 1. The monoisotopic (exact) mass is 205 g/mol. The summed E-state index contributed by atoms with van der Waals surface area (Å²) in [6.45, 7) is 1.25. The molecule has 0 aromatic rings. The van der Waals surface area contributed by atoms with Crippen molar-refractivity contribution in [1.82, 2.24) is 4.98 Å². The number of H-pyrrole nitrogens is 1. The summed E-state index contributed by atoms with van der Waals surface area (Å²) in [5, 5.41) is 18.6. The lowest BCUT2D eigenvalue weighted by molar-refractivity contribution is 0.0900. The van der Waals surface area contributed by atoms with Crippen LogP contribution in [0.5, 0.6) is 5.75 Å². The van der Waals surface area contributed by atoms with Gasteiger partial charge in [-0.3, -0.25) is 4.79 Å². The lowest BCUT2D eigenvalue weighted by atomic mass is 10.1. The van der Waals surface area contributed by atoms with Crippen molar-refractivity contribution in [3.63, 3.8) is 0 Å². The van der Waals surface area contributed by atoms with Crippen LogP contribution in [-0.4, -0.2) is 27.6 Å². The summed E-state index contributed by atoms with van der Waals surface area (Å²) in [7, 11) is 0. The fourth-order valence-electron chi connectivity index (χ4n) is 1.67. The molecule has 0 aromatic carbocycles. The lowest BCUT2D eigenvalue weighted by Crippen LogP contribution is -2.06. The summed E-state index contributed by atoms with van der Waals surface area (Å²) in [5.74, 6) is -0.559. The third kappa shape index (κ3) is 1.39. The quantitative estimate of drug-likeness (QED) is 0.647. The van der Waals surface area contributed by atoms with Gasteiger partial charge in [0.05, 0.1) is 5.56 Å². The molecule has 0 saturated heterocycles. The fraction of sp³-hybridized carbons (Fsp3) is 0.182. The van der Waals surface area contributed by atoms with Crippen molar-refractivity contribution in [2.24, 2.45) is 0 Å². The van der Waals surface area contributed by atoms with E-state index in [-0.39, 0.29) is 11.3 Å². The number of rotatable bonds is 2. The minimum Gasteiger partial charge on any atom is -0.506 e. The van der Waals surface area contributed by atoms with Gasteiger partial charge < -0.3 is 15.2 Å². The van der Waals surface area contributed by atoms with Crippen LogP contribution in [0.2, 0.25) is 0 Å². The number of hydrogen-bond acceptors (Lipinski definition) is 3. The first-order valence-corrected chi connectivity index (χ1v) is 4.59. The zero-order valence-corrected chi connectivity index (χ0v) is 8.24. The van der Waals surface area contributed by atoms with Crippen molar-refractivity contribution in [3.8, 4) is 17.0 Å². The van der Waals surface area contributed by atoms with Crippen molar-refractivity contribution in [3.05, 3.63) is 29.5 Å². The van der Waals surface area contributed by atoms with Gasteiger partial charge in [0.2, 0.25) is 0 Å². The number of ketones is 1. The number of aliphatic hydroxyl groups is 1. The Morgan fingerprint density at radius 1 is 1.47 bits per heavy atom. The number of fused-ring (bicyclic) bond motifs is 1. The smallest absolute Gasteiger partial charge is 0.193 e. The van der Waals surface area contributed by atoms with Gasteiger partial charge in [-0.15, -0.1) is 0 Å². The molecule has 2 aliphatic rings. The summed E-state index contributed by atoms with van der Waals surface area (Å²) in [6, 6.07) is 3.69. The zero-order chi connectivity index (χ0) is 11.0. The molecule has 0 aromatic heterocycles. The molecule has 4 heteroatoms. The number of Topliss-reactive ketones (excluding diaryl/α,β-unsaturated/α-hetero) is 1. The van der Waals surface area contributed by atoms with Gasteiger partial charge in [-0.2, -0.15) is 0 Å². The number of aryl methyl sites for hydroxylation is 1. The Bertz CT molecular complexity index is 487. The molecule has 0 saturated carbocycles. The average molecular weight is 205 g/mol. The van der Waals surface area contributed by atoms with E-state index in [1.807, 2.05) is 19.1 Å². The van der Waals surface area contributed by atoms with Crippen LogP contribution in [0.3, 0.4) is 0 Å². The highest BCUT2D eigenvalue weighted by molar-refractivity contribution is 6.01.